The molecule has 0 unspecified atom stereocenters. The van der Waals surface area contributed by atoms with Crippen LogP contribution in [-0.2, 0) is 11.8 Å². The minimum absolute atomic E-state index is 0.0822. The van der Waals surface area contributed by atoms with E-state index in [0.717, 1.165) is 37.4 Å². The Kier molecular flexibility index (Phi) is 5.34. The number of hydrogen-bond acceptors (Lipinski definition) is 4. The summed E-state index contributed by atoms with van der Waals surface area (Å²) in [5, 5.41) is 7.40. The monoisotopic (exact) mass is 296 g/mol. The van der Waals surface area contributed by atoms with E-state index in [-0.39, 0.29) is 17.9 Å². The molecule has 0 spiro atoms. The van der Waals surface area contributed by atoms with Crippen molar-refractivity contribution in [3.8, 4) is 0 Å². The SMILES string of the molecule is CSC[C@H](C)C(=O)N[C@@H]1CCCN(c2cnn(C)c2)C1. The van der Waals surface area contributed by atoms with Crippen LogP contribution >= 0.6 is 11.8 Å². The number of aryl methyl sites for hydroxylation is 1. The Balaban J connectivity index is 1.89. The van der Waals surface area contributed by atoms with Gasteiger partial charge in [-0.25, -0.2) is 0 Å². The average Bonchev–Trinajstić information content (AvgIpc) is 2.86. The van der Waals surface area contributed by atoms with Gasteiger partial charge in [-0.2, -0.15) is 16.9 Å². The standard InChI is InChI=1S/C14H24N4OS/c1-11(10-20-3)14(19)16-12-5-4-6-18(8-12)13-7-15-17(2)9-13/h7,9,11-12H,4-6,8,10H2,1-3H3,(H,16,19)/t11-,12+/m0/s1. The molecule has 1 aromatic heterocycles. The van der Waals surface area contributed by atoms with Crippen LogP contribution in [0, 0.1) is 5.92 Å². The predicted molar refractivity (Wildman–Crippen MR) is 84.1 cm³/mol. The third-order valence-electron chi connectivity index (χ3n) is 3.69. The Labute approximate surface area is 125 Å². The fraction of sp³-hybridized carbons (Fsp3) is 0.714. The molecule has 1 aliphatic rings. The third kappa shape index (κ3) is 3.91. The zero-order chi connectivity index (χ0) is 14.5. The van der Waals surface area contributed by atoms with Gasteiger partial charge in [0.1, 0.15) is 0 Å². The first kappa shape index (κ1) is 15.2. The van der Waals surface area contributed by atoms with Gasteiger partial charge < -0.3 is 10.2 Å². The first-order valence-corrected chi connectivity index (χ1v) is 8.52. The van der Waals surface area contributed by atoms with E-state index in [1.165, 1.54) is 0 Å². The van der Waals surface area contributed by atoms with Gasteiger partial charge in [0.05, 0.1) is 11.9 Å². The lowest BCUT2D eigenvalue weighted by molar-refractivity contribution is -0.124. The van der Waals surface area contributed by atoms with E-state index in [9.17, 15) is 4.79 Å². The van der Waals surface area contributed by atoms with Crippen molar-refractivity contribution in [1.82, 2.24) is 15.1 Å². The Morgan fingerprint density at radius 2 is 2.45 bits per heavy atom. The molecule has 0 aromatic carbocycles. The van der Waals surface area contributed by atoms with Gasteiger partial charge in [-0.1, -0.05) is 6.92 Å². The van der Waals surface area contributed by atoms with E-state index in [4.69, 9.17) is 0 Å². The number of carbonyl (C=O) groups is 1. The third-order valence-corrected chi connectivity index (χ3v) is 4.52. The number of aromatic nitrogens is 2. The summed E-state index contributed by atoms with van der Waals surface area (Å²) >= 11 is 1.72. The molecule has 5 nitrogen and oxygen atoms in total. The van der Waals surface area contributed by atoms with Crippen LogP contribution in [0.3, 0.4) is 0 Å². The molecule has 2 atom stereocenters. The second kappa shape index (κ2) is 7.02. The van der Waals surface area contributed by atoms with Crippen molar-refractivity contribution in [2.75, 3.05) is 30.0 Å². The van der Waals surface area contributed by atoms with Crippen molar-refractivity contribution in [3.63, 3.8) is 0 Å². The lowest BCUT2D eigenvalue weighted by Gasteiger charge is -2.34. The number of nitrogens with zero attached hydrogens (tertiary/aromatic N) is 3. The summed E-state index contributed by atoms with van der Waals surface area (Å²) in [4.78, 5) is 14.4. The summed E-state index contributed by atoms with van der Waals surface area (Å²) in [6, 6.07) is 0.251. The van der Waals surface area contributed by atoms with Gasteiger partial charge in [-0.3, -0.25) is 9.48 Å². The topological polar surface area (TPSA) is 50.2 Å². The van der Waals surface area contributed by atoms with Crippen LogP contribution in [0.15, 0.2) is 12.4 Å². The highest BCUT2D eigenvalue weighted by Gasteiger charge is 2.23. The molecule has 2 rings (SSSR count). The highest BCUT2D eigenvalue weighted by Crippen LogP contribution is 2.19. The van der Waals surface area contributed by atoms with E-state index >= 15 is 0 Å². The molecule has 0 saturated carbocycles. The average molecular weight is 296 g/mol. The molecular formula is C14H24N4OS. The van der Waals surface area contributed by atoms with E-state index in [1.54, 1.807) is 11.8 Å². The molecule has 1 N–H and O–H groups in total. The van der Waals surface area contributed by atoms with Crippen molar-refractivity contribution in [3.05, 3.63) is 12.4 Å². The number of thioether (sulfide) groups is 1. The van der Waals surface area contributed by atoms with Crippen molar-refractivity contribution in [2.24, 2.45) is 13.0 Å². The van der Waals surface area contributed by atoms with Crippen molar-refractivity contribution >= 4 is 23.4 Å². The first-order chi connectivity index (χ1) is 9.60. The number of carbonyl (C=O) groups excluding carboxylic acids is 1. The molecular weight excluding hydrogens is 272 g/mol. The van der Waals surface area contributed by atoms with E-state index in [1.807, 2.05) is 37.3 Å². The number of anilines is 1. The minimum atomic E-state index is 0.0822. The molecule has 2 heterocycles. The molecule has 0 bridgehead atoms. The van der Waals surface area contributed by atoms with Crippen LogP contribution < -0.4 is 10.2 Å². The maximum atomic E-state index is 12.1. The zero-order valence-corrected chi connectivity index (χ0v) is 13.3. The molecule has 1 aromatic rings. The molecule has 20 heavy (non-hydrogen) atoms. The second-order valence-corrected chi connectivity index (χ2v) is 6.43. The largest absolute Gasteiger partial charge is 0.367 e. The molecule has 1 fully saturated rings. The van der Waals surface area contributed by atoms with Crippen LogP contribution in [0.25, 0.3) is 0 Å². The summed E-state index contributed by atoms with van der Waals surface area (Å²) in [5.74, 6) is 1.14. The lowest BCUT2D eigenvalue weighted by Crippen LogP contribution is -2.49. The molecule has 6 heteroatoms. The van der Waals surface area contributed by atoms with Crippen LogP contribution in [0.1, 0.15) is 19.8 Å². The van der Waals surface area contributed by atoms with Gasteiger partial charge >= 0.3 is 0 Å². The molecule has 0 radical (unpaired) electrons. The summed E-state index contributed by atoms with van der Waals surface area (Å²) in [7, 11) is 1.93. The second-order valence-electron chi connectivity index (χ2n) is 5.52. The van der Waals surface area contributed by atoms with Crippen molar-refractivity contribution in [2.45, 2.75) is 25.8 Å². The predicted octanol–water partition coefficient (Wildman–Crippen LogP) is 1.50. The van der Waals surface area contributed by atoms with Gasteiger partial charge in [0.2, 0.25) is 5.91 Å². The van der Waals surface area contributed by atoms with Crippen LogP contribution in [-0.4, -0.2) is 46.8 Å². The summed E-state index contributed by atoms with van der Waals surface area (Å²) < 4.78 is 1.82. The minimum Gasteiger partial charge on any atom is -0.367 e. The maximum Gasteiger partial charge on any atom is 0.223 e. The number of hydrogen-bond donors (Lipinski definition) is 1. The van der Waals surface area contributed by atoms with Crippen LogP contribution in [0.4, 0.5) is 5.69 Å². The molecule has 1 aliphatic heterocycles. The quantitative estimate of drug-likeness (QED) is 0.895. The Morgan fingerprint density at radius 1 is 1.65 bits per heavy atom. The molecule has 0 aliphatic carbocycles. The van der Waals surface area contributed by atoms with Gasteiger partial charge in [0.15, 0.2) is 0 Å². The zero-order valence-electron chi connectivity index (χ0n) is 12.5. The number of nitrogens with one attached hydrogen (secondary N) is 1. The van der Waals surface area contributed by atoms with Gasteiger partial charge in [-0.05, 0) is 19.1 Å². The fourth-order valence-electron chi connectivity index (χ4n) is 2.57. The van der Waals surface area contributed by atoms with Crippen molar-refractivity contribution in [1.29, 1.82) is 0 Å². The number of piperidine rings is 1. The Bertz CT molecular complexity index is 448. The molecule has 1 saturated heterocycles. The summed E-state index contributed by atoms with van der Waals surface area (Å²) in [6.07, 6.45) is 8.13. The molecule has 1 amide bonds. The summed E-state index contributed by atoms with van der Waals surface area (Å²) in [5.41, 5.74) is 1.14. The van der Waals surface area contributed by atoms with E-state index in [2.05, 4.69) is 15.3 Å². The highest BCUT2D eigenvalue weighted by molar-refractivity contribution is 7.98. The van der Waals surface area contributed by atoms with Gasteiger partial charge in [0, 0.05) is 44.0 Å². The Hall–Kier alpha value is -1.17. The Morgan fingerprint density at radius 3 is 3.10 bits per heavy atom. The summed E-state index contributed by atoms with van der Waals surface area (Å²) in [6.45, 7) is 3.91. The number of rotatable bonds is 5. The highest BCUT2D eigenvalue weighted by atomic mass is 32.2. The molecule has 112 valence electrons. The normalized spacial score (nSPS) is 20.8. The maximum absolute atomic E-state index is 12.1. The van der Waals surface area contributed by atoms with Crippen LogP contribution in [0.2, 0.25) is 0 Å². The van der Waals surface area contributed by atoms with E-state index in [0.29, 0.717) is 0 Å². The number of amides is 1. The van der Waals surface area contributed by atoms with Gasteiger partial charge in [0.25, 0.3) is 0 Å². The van der Waals surface area contributed by atoms with E-state index < -0.39 is 0 Å². The first-order valence-electron chi connectivity index (χ1n) is 7.13. The van der Waals surface area contributed by atoms with Crippen LogP contribution in [0.5, 0.6) is 0 Å². The lowest BCUT2D eigenvalue weighted by atomic mass is 10.0. The fourth-order valence-corrected chi connectivity index (χ4v) is 3.22. The smallest absolute Gasteiger partial charge is 0.223 e. The van der Waals surface area contributed by atoms with Crippen molar-refractivity contribution < 1.29 is 4.79 Å². The van der Waals surface area contributed by atoms with Gasteiger partial charge in [-0.15, -0.1) is 0 Å².